The van der Waals surface area contributed by atoms with E-state index in [0.717, 1.165) is 22.3 Å². The zero-order valence-electron chi connectivity index (χ0n) is 15.5. The number of nitrogens with zero attached hydrogens (tertiary/aromatic N) is 2. The molecule has 0 aliphatic heterocycles. The minimum Gasteiger partial charge on any atom is -0.481 e. The second-order valence-corrected chi connectivity index (χ2v) is 7.27. The van der Waals surface area contributed by atoms with Crippen LogP contribution in [0.4, 0.5) is 0 Å². The van der Waals surface area contributed by atoms with Crippen molar-refractivity contribution in [1.29, 1.82) is 0 Å². The molecule has 3 atom stereocenters. The lowest BCUT2D eigenvalue weighted by Gasteiger charge is -2.10. The van der Waals surface area contributed by atoms with Crippen molar-refractivity contribution in [3.63, 3.8) is 0 Å². The molecular weight excluding hydrogens is 336 g/mol. The van der Waals surface area contributed by atoms with Crippen molar-refractivity contribution in [3.8, 4) is 11.4 Å². The van der Waals surface area contributed by atoms with Crippen LogP contribution < -0.4 is 0 Å². The number of hydrogen-bond acceptors (Lipinski definition) is 3. The summed E-state index contributed by atoms with van der Waals surface area (Å²) in [6.07, 6.45) is 4.19. The third kappa shape index (κ3) is 2.81. The van der Waals surface area contributed by atoms with Crippen LogP contribution >= 0.6 is 0 Å². The molecule has 0 radical (unpaired) electrons. The number of hydrogen-bond donors (Lipinski definition) is 1. The van der Waals surface area contributed by atoms with Crippen molar-refractivity contribution in [2.24, 2.45) is 5.41 Å². The van der Waals surface area contributed by atoms with Crippen LogP contribution in [-0.4, -0.2) is 21.0 Å². The largest absolute Gasteiger partial charge is 0.481 e. The number of carboxylic acids is 1. The van der Waals surface area contributed by atoms with Gasteiger partial charge in [-0.15, -0.1) is 0 Å². The minimum absolute atomic E-state index is 0.0182. The van der Waals surface area contributed by atoms with Gasteiger partial charge in [-0.05, 0) is 36.1 Å². The Kier molecular flexibility index (Phi) is 4.27. The maximum Gasteiger partial charge on any atom is 0.310 e. The molecule has 1 aliphatic rings. The summed E-state index contributed by atoms with van der Waals surface area (Å²) in [4.78, 5) is 21.1. The number of aliphatic carboxylic acids is 1. The molecule has 3 unspecified atom stereocenters. The Hall–Kier alpha value is -3.01. The van der Waals surface area contributed by atoms with E-state index in [-0.39, 0.29) is 11.8 Å². The van der Waals surface area contributed by atoms with E-state index in [1.54, 1.807) is 12.4 Å². The van der Waals surface area contributed by atoms with Gasteiger partial charge >= 0.3 is 5.97 Å². The molecule has 4 rings (SSSR count). The Labute approximate surface area is 158 Å². The molecule has 0 saturated heterocycles. The summed E-state index contributed by atoms with van der Waals surface area (Å²) in [5.41, 5.74) is 3.30. The highest BCUT2D eigenvalue weighted by molar-refractivity contribution is 5.84. The van der Waals surface area contributed by atoms with Gasteiger partial charge in [-0.2, -0.15) is 0 Å². The first kappa shape index (κ1) is 17.4. The lowest BCUT2D eigenvalue weighted by Crippen LogP contribution is -2.17. The lowest BCUT2D eigenvalue weighted by molar-refractivity contribution is -0.143. The SMILES string of the molecule is CCC1(C(=O)O)C(c2ccccc2)C1c1cccc(-c2ncc(C)cn2)c1. The smallest absolute Gasteiger partial charge is 0.310 e. The molecule has 0 bridgehead atoms. The van der Waals surface area contributed by atoms with Crippen LogP contribution in [0.15, 0.2) is 67.0 Å². The van der Waals surface area contributed by atoms with Crippen molar-refractivity contribution >= 4 is 5.97 Å². The first-order valence-corrected chi connectivity index (χ1v) is 9.25. The average molecular weight is 358 g/mol. The highest BCUT2D eigenvalue weighted by atomic mass is 16.4. The van der Waals surface area contributed by atoms with E-state index in [9.17, 15) is 9.90 Å². The first-order valence-electron chi connectivity index (χ1n) is 9.25. The van der Waals surface area contributed by atoms with Gasteiger partial charge in [0.2, 0.25) is 0 Å². The zero-order chi connectivity index (χ0) is 19.0. The molecule has 1 aromatic heterocycles. The first-order chi connectivity index (χ1) is 13.1. The molecule has 1 N–H and O–H groups in total. The molecule has 3 aromatic rings. The summed E-state index contributed by atoms with van der Waals surface area (Å²) < 4.78 is 0. The molecule has 0 spiro atoms. The van der Waals surface area contributed by atoms with Crippen molar-refractivity contribution in [3.05, 3.63) is 83.7 Å². The van der Waals surface area contributed by atoms with Gasteiger partial charge in [-0.1, -0.05) is 55.5 Å². The normalized spacial score (nSPS) is 23.8. The van der Waals surface area contributed by atoms with Gasteiger partial charge in [-0.3, -0.25) is 4.79 Å². The van der Waals surface area contributed by atoms with Crippen LogP contribution in [0, 0.1) is 12.3 Å². The number of carbonyl (C=O) groups is 1. The number of carboxylic acid groups (broad SMARTS) is 1. The standard InChI is InChI=1S/C23H22N2O2/c1-3-23(22(26)27)19(16-8-5-4-6-9-16)20(23)17-10-7-11-18(12-17)21-24-13-15(2)14-25-21/h4-14,19-20H,3H2,1-2H3,(H,26,27). The molecule has 4 heteroatoms. The highest BCUT2D eigenvalue weighted by Crippen LogP contribution is 2.72. The van der Waals surface area contributed by atoms with E-state index >= 15 is 0 Å². The van der Waals surface area contributed by atoms with E-state index in [1.807, 2.05) is 68.4 Å². The van der Waals surface area contributed by atoms with E-state index in [2.05, 4.69) is 9.97 Å². The molecular formula is C23H22N2O2. The third-order valence-electron chi connectivity index (χ3n) is 5.76. The van der Waals surface area contributed by atoms with Crippen LogP contribution in [0.2, 0.25) is 0 Å². The minimum atomic E-state index is -0.756. The number of aryl methyl sites for hydroxylation is 1. The van der Waals surface area contributed by atoms with Gasteiger partial charge < -0.3 is 5.11 Å². The number of aromatic nitrogens is 2. The summed E-state index contributed by atoms with van der Waals surface area (Å²) in [7, 11) is 0. The molecule has 1 fully saturated rings. The highest BCUT2D eigenvalue weighted by Gasteiger charge is 2.69. The van der Waals surface area contributed by atoms with Crippen molar-refractivity contribution in [1.82, 2.24) is 9.97 Å². The van der Waals surface area contributed by atoms with Crippen LogP contribution in [-0.2, 0) is 4.79 Å². The average Bonchev–Trinajstić information content (AvgIpc) is 3.40. The van der Waals surface area contributed by atoms with Gasteiger partial charge in [-0.25, -0.2) is 9.97 Å². The lowest BCUT2D eigenvalue weighted by atomic mass is 9.94. The zero-order valence-corrected chi connectivity index (χ0v) is 15.5. The molecule has 1 aliphatic carbocycles. The summed E-state index contributed by atoms with van der Waals surface area (Å²) in [6.45, 7) is 3.92. The van der Waals surface area contributed by atoms with E-state index < -0.39 is 11.4 Å². The van der Waals surface area contributed by atoms with Gasteiger partial charge in [0.15, 0.2) is 5.82 Å². The Morgan fingerprint density at radius 1 is 1.00 bits per heavy atom. The predicted octanol–water partition coefficient (Wildman–Crippen LogP) is 4.81. The maximum atomic E-state index is 12.2. The predicted molar refractivity (Wildman–Crippen MR) is 104 cm³/mol. The van der Waals surface area contributed by atoms with Gasteiger partial charge in [0.05, 0.1) is 5.41 Å². The Morgan fingerprint density at radius 2 is 1.63 bits per heavy atom. The fourth-order valence-electron chi connectivity index (χ4n) is 4.35. The third-order valence-corrected chi connectivity index (χ3v) is 5.76. The Bertz CT molecular complexity index is 969. The molecule has 0 amide bonds. The Morgan fingerprint density at radius 3 is 2.26 bits per heavy atom. The summed E-state index contributed by atoms with van der Waals surface area (Å²) in [5.74, 6) is -0.124. The van der Waals surface area contributed by atoms with E-state index in [1.165, 1.54) is 0 Å². The van der Waals surface area contributed by atoms with Gasteiger partial charge in [0.25, 0.3) is 0 Å². The second kappa shape index (κ2) is 6.62. The molecule has 4 nitrogen and oxygen atoms in total. The topological polar surface area (TPSA) is 63.1 Å². The fraction of sp³-hybridized carbons (Fsp3) is 0.261. The quantitative estimate of drug-likeness (QED) is 0.711. The van der Waals surface area contributed by atoms with Gasteiger partial charge in [0.1, 0.15) is 0 Å². The van der Waals surface area contributed by atoms with Crippen molar-refractivity contribution in [2.45, 2.75) is 32.1 Å². The van der Waals surface area contributed by atoms with Crippen molar-refractivity contribution in [2.75, 3.05) is 0 Å². The summed E-state index contributed by atoms with van der Waals surface area (Å²) >= 11 is 0. The monoisotopic (exact) mass is 358 g/mol. The maximum absolute atomic E-state index is 12.2. The molecule has 136 valence electrons. The van der Waals surface area contributed by atoms with Crippen molar-refractivity contribution < 1.29 is 9.90 Å². The molecule has 1 heterocycles. The molecule has 2 aromatic carbocycles. The second-order valence-electron chi connectivity index (χ2n) is 7.27. The van der Waals surface area contributed by atoms with Crippen LogP contribution in [0.3, 0.4) is 0 Å². The van der Waals surface area contributed by atoms with E-state index in [4.69, 9.17) is 0 Å². The molecule has 1 saturated carbocycles. The van der Waals surface area contributed by atoms with E-state index in [0.29, 0.717) is 12.2 Å². The van der Waals surface area contributed by atoms with Crippen LogP contribution in [0.1, 0.15) is 41.9 Å². The number of benzene rings is 2. The summed E-state index contributed by atoms with van der Waals surface area (Å²) in [5, 5.41) is 10.1. The van der Waals surface area contributed by atoms with Gasteiger partial charge in [0, 0.05) is 29.8 Å². The fourth-order valence-corrected chi connectivity index (χ4v) is 4.35. The van der Waals surface area contributed by atoms with Crippen LogP contribution in [0.5, 0.6) is 0 Å². The van der Waals surface area contributed by atoms with Crippen LogP contribution in [0.25, 0.3) is 11.4 Å². The summed E-state index contributed by atoms with van der Waals surface area (Å²) in [6, 6.07) is 18.0. The Balaban J connectivity index is 1.76. The number of rotatable bonds is 5. The molecule has 27 heavy (non-hydrogen) atoms.